The fourth-order valence-corrected chi connectivity index (χ4v) is 4.22. The zero-order chi connectivity index (χ0) is 22.5. The number of carbonyl (C=O) groups excluding carboxylic acids is 3. The van der Waals surface area contributed by atoms with Gasteiger partial charge in [0.1, 0.15) is 17.7 Å². The predicted molar refractivity (Wildman–Crippen MR) is 109 cm³/mol. The van der Waals surface area contributed by atoms with Crippen molar-refractivity contribution in [2.45, 2.75) is 70.7 Å². The van der Waals surface area contributed by atoms with Crippen molar-refractivity contribution < 1.29 is 33.3 Å². The first-order chi connectivity index (χ1) is 14.1. The molecule has 0 aromatic heterocycles. The second-order valence-corrected chi connectivity index (χ2v) is 9.07. The summed E-state index contributed by atoms with van der Waals surface area (Å²) in [6.45, 7) is 8.87. The van der Waals surface area contributed by atoms with Crippen molar-refractivity contribution in [3.05, 3.63) is 0 Å². The maximum atomic E-state index is 12.9. The van der Waals surface area contributed by atoms with E-state index in [0.29, 0.717) is 26.2 Å². The lowest BCUT2D eigenvalue weighted by Gasteiger charge is -2.34. The molecule has 2 heterocycles. The highest BCUT2D eigenvalue weighted by Gasteiger charge is 2.47. The van der Waals surface area contributed by atoms with E-state index in [1.807, 2.05) is 6.92 Å². The highest BCUT2D eigenvalue weighted by atomic mass is 16.6. The first-order valence-electron chi connectivity index (χ1n) is 10.6. The monoisotopic (exact) mass is 428 g/mol. The molecule has 2 saturated heterocycles. The highest BCUT2D eigenvalue weighted by molar-refractivity contribution is 5.82. The molecule has 2 aliphatic rings. The van der Waals surface area contributed by atoms with Crippen molar-refractivity contribution in [2.24, 2.45) is 11.8 Å². The van der Waals surface area contributed by atoms with Crippen LogP contribution in [0.5, 0.6) is 0 Å². The van der Waals surface area contributed by atoms with Gasteiger partial charge in [0.2, 0.25) is 0 Å². The van der Waals surface area contributed by atoms with Crippen LogP contribution < -0.4 is 5.32 Å². The normalized spacial score (nSPS) is 26.2. The van der Waals surface area contributed by atoms with Gasteiger partial charge in [0.15, 0.2) is 0 Å². The topological polar surface area (TPSA) is 103 Å². The Balaban J connectivity index is 2.18. The van der Waals surface area contributed by atoms with Gasteiger partial charge in [-0.3, -0.25) is 9.69 Å². The Morgan fingerprint density at radius 2 is 1.77 bits per heavy atom. The first kappa shape index (κ1) is 24.4. The van der Waals surface area contributed by atoms with E-state index in [-0.39, 0.29) is 23.8 Å². The van der Waals surface area contributed by atoms with E-state index < -0.39 is 29.7 Å². The molecule has 2 fully saturated rings. The summed E-state index contributed by atoms with van der Waals surface area (Å²) < 4.78 is 20.9. The molecule has 1 N–H and O–H groups in total. The van der Waals surface area contributed by atoms with E-state index in [9.17, 15) is 14.4 Å². The molecule has 0 saturated carbocycles. The van der Waals surface area contributed by atoms with Crippen LogP contribution in [0, 0.1) is 11.8 Å². The third-order valence-electron chi connectivity index (χ3n) is 5.76. The molecule has 0 aromatic carbocycles. The van der Waals surface area contributed by atoms with Gasteiger partial charge in [-0.25, -0.2) is 9.59 Å². The second-order valence-electron chi connectivity index (χ2n) is 9.07. The number of methoxy groups -OCH3 is 2. The number of nitrogens with zero attached hydrogens (tertiary/aromatic N) is 1. The maximum absolute atomic E-state index is 12.9. The summed E-state index contributed by atoms with van der Waals surface area (Å²) in [5, 5.41) is 3.31. The molecular formula is C21H36N2O7. The third-order valence-corrected chi connectivity index (χ3v) is 5.76. The van der Waals surface area contributed by atoms with E-state index in [0.717, 1.165) is 12.8 Å². The molecular weight excluding hydrogens is 392 g/mol. The number of ether oxygens (including phenoxy) is 4. The fourth-order valence-electron chi connectivity index (χ4n) is 4.22. The van der Waals surface area contributed by atoms with E-state index in [2.05, 4.69) is 5.32 Å². The van der Waals surface area contributed by atoms with Crippen molar-refractivity contribution >= 4 is 18.0 Å². The Kier molecular flexibility index (Phi) is 8.49. The molecule has 2 rings (SSSR count). The van der Waals surface area contributed by atoms with Gasteiger partial charge in [-0.05, 0) is 51.9 Å². The van der Waals surface area contributed by atoms with Gasteiger partial charge in [-0.2, -0.15) is 0 Å². The Hall–Kier alpha value is -1.87. The second kappa shape index (κ2) is 10.4. The standard InChI is InChI=1S/C21H36N2O7/c1-13-11-15(18(24)27-5)23(20(26)30-21(2,3)4)16(13)12-22-17(19(25)28-6)14-7-9-29-10-8-14/h13-17,22H,7-12H2,1-6H3/t13-,15-,16-,17-/m1/s1. The van der Waals surface area contributed by atoms with Crippen molar-refractivity contribution in [3.8, 4) is 0 Å². The van der Waals surface area contributed by atoms with Crippen molar-refractivity contribution in [1.29, 1.82) is 0 Å². The zero-order valence-corrected chi connectivity index (χ0v) is 18.9. The molecule has 30 heavy (non-hydrogen) atoms. The molecule has 0 aromatic rings. The SMILES string of the molecule is COC(=O)[C@H]1C[C@@H](C)[C@@H](CN[C@@H](C(=O)OC)C2CCOCC2)N1C(=O)OC(C)(C)C. The minimum atomic E-state index is -0.716. The minimum Gasteiger partial charge on any atom is -0.468 e. The third kappa shape index (κ3) is 6.07. The van der Waals surface area contributed by atoms with Gasteiger partial charge in [-0.15, -0.1) is 0 Å². The molecule has 0 unspecified atom stereocenters. The van der Waals surface area contributed by atoms with Crippen LogP contribution in [0.25, 0.3) is 0 Å². The molecule has 172 valence electrons. The summed E-state index contributed by atoms with van der Waals surface area (Å²) >= 11 is 0. The molecule has 2 aliphatic heterocycles. The van der Waals surface area contributed by atoms with Gasteiger partial charge in [-0.1, -0.05) is 6.92 Å². The Morgan fingerprint density at radius 1 is 1.13 bits per heavy atom. The lowest BCUT2D eigenvalue weighted by molar-refractivity contribution is -0.147. The van der Waals surface area contributed by atoms with Crippen LogP contribution >= 0.6 is 0 Å². The zero-order valence-electron chi connectivity index (χ0n) is 18.9. The Bertz CT molecular complexity index is 613. The van der Waals surface area contributed by atoms with Gasteiger partial charge in [0.05, 0.1) is 20.3 Å². The molecule has 0 aliphatic carbocycles. The van der Waals surface area contributed by atoms with E-state index in [1.54, 1.807) is 20.8 Å². The fraction of sp³-hybridized carbons (Fsp3) is 0.857. The number of hydrogen-bond donors (Lipinski definition) is 1. The molecule has 0 radical (unpaired) electrons. The number of rotatable bonds is 6. The number of nitrogens with one attached hydrogen (secondary N) is 1. The number of amides is 1. The van der Waals surface area contributed by atoms with Gasteiger partial charge in [0.25, 0.3) is 0 Å². The van der Waals surface area contributed by atoms with Gasteiger partial charge >= 0.3 is 18.0 Å². The Morgan fingerprint density at radius 3 is 2.30 bits per heavy atom. The van der Waals surface area contributed by atoms with Gasteiger partial charge < -0.3 is 24.3 Å². The summed E-state index contributed by atoms with van der Waals surface area (Å²) in [5.41, 5.74) is -0.696. The molecule has 4 atom stereocenters. The van der Waals surface area contributed by atoms with Crippen LogP contribution in [0.2, 0.25) is 0 Å². The predicted octanol–water partition coefficient (Wildman–Crippen LogP) is 1.73. The van der Waals surface area contributed by atoms with Crippen LogP contribution in [0.3, 0.4) is 0 Å². The molecule has 0 bridgehead atoms. The van der Waals surface area contributed by atoms with Crippen LogP contribution in [0.1, 0.15) is 47.0 Å². The largest absolute Gasteiger partial charge is 0.468 e. The quantitative estimate of drug-likeness (QED) is 0.504. The van der Waals surface area contributed by atoms with Crippen molar-refractivity contribution in [3.63, 3.8) is 0 Å². The van der Waals surface area contributed by atoms with E-state index >= 15 is 0 Å². The lowest BCUT2D eigenvalue weighted by atomic mass is 9.91. The summed E-state index contributed by atoms with van der Waals surface area (Å²) in [5.74, 6) is -0.693. The van der Waals surface area contributed by atoms with Crippen molar-refractivity contribution in [1.82, 2.24) is 10.2 Å². The van der Waals surface area contributed by atoms with Crippen LogP contribution in [-0.4, -0.2) is 80.6 Å². The minimum absolute atomic E-state index is 0.0158. The average Bonchev–Trinajstić information content (AvgIpc) is 3.03. The Labute approximate surface area is 178 Å². The molecule has 0 spiro atoms. The summed E-state index contributed by atoms with van der Waals surface area (Å²) in [4.78, 5) is 39.2. The van der Waals surface area contributed by atoms with Crippen LogP contribution in [0.15, 0.2) is 0 Å². The summed E-state index contributed by atoms with van der Waals surface area (Å²) in [6.07, 6.45) is 1.43. The lowest BCUT2D eigenvalue weighted by Crippen LogP contribution is -2.54. The first-order valence-corrected chi connectivity index (χ1v) is 10.6. The smallest absolute Gasteiger partial charge is 0.411 e. The summed E-state index contributed by atoms with van der Waals surface area (Å²) in [7, 11) is 2.68. The van der Waals surface area contributed by atoms with E-state index in [4.69, 9.17) is 18.9 Å². The van der Waals surface area contributed by atoms with Crippen LogP contribution in [-0.2, 0) is 28.5 Å². The number of esters is 2. The molecule has 9 heteroatoms. The number of likely N-dealkylation sites (tertiary alicyclic amines) is 1. The maximum Gasteiger partial charge on any atom is 0.411 e. The number of carbonyl (C=O) groups is 3. The van der Waals surface area contributed by atoms with Gasteiger partial charge in [0, 0.05) is 19.8 Å². The van der Waals surface area contributed by atoms with Crippen LogP contribution in [0.4, 0.5) is 4.79 Å². The molecule has 9 nitrogen and oxygen atoms in total. The summed E-state index contributed by atoms with van der Waals surface area (Å²) in [6, 6.07) is -1.54. The number of hydrogen-bond acceptors (Lipinski definition) is 8. The van der Waals surface area contributed by atoms with E-state index in [1.165, 1.54) is 19.1 Å². The average molecular weight is 429 g/mol. The van der Waals surface area contributed by atoms with Crippen molar-refractivity contribution in [2.75, 3.05) is 34.0 Å². The highest BCUT2D eigenvalue weighted by Crippen LogP contribution is 2.32. The molecule has 1 amide bonds.